The number of furan rings is 1. The van der Waals surface area contributed by atoms with Crippen molar-refractivity contribution in [3.8, 4) is 0 Å². The molecule has 0 aliphatic heterocycles. The summed E-state index contributed by atoms with van der Waals surface area (Å²) in [7, 11) is 0. The van der Waals surface area contributed by atoms with Crippen LogP contribution in [0.4, 0.5) is 5.69 Å². The first-order valence-electron chi connectivity index (χ1n) is 5.39. The maximum absolute atomic E-state index is 6.08. The lowest BCUT2D eigenvalue weighted by Gasteiger charge is -2.15. The van der Waals surface area contributed by atoms with Crippen LogP contribution in [0.25, 0.3) is 0 Å². The number of nitrogens with one attached hydrogen (secondary N) is 1. The lowest BCUT2D eigenvalue weighted by molar-refractivity contribution is 0.498. The van der Waals surface area contributed by atoms with Gasteiger partial charge in [-0.1, -0.05) is 23.2 Å². The SMILES string of the molecule is CC(Cc1ccco1)Nc1cc(Cl)ccc1Cl. The first-order valence-corrected chi connectivity index (χ1v) is 6.14. The van der Waals surface area contributed by atoms with E-state index in [4.69, 9.17) is 27.6 Å². The van der Waals surface area contributed by atoms with E-state index in [1.165, 1.54) is 0 Å². The van der Waals surface area contributed by atoms with Gasteiger partial charge in [-0.3, -0.25) is 0 Å². The van der Waals surface area contributed by atoms with Crippen LogP contribution < -0.4 is 5.32 Å². The highest BCUT2D eigenvalue weighted by Gasteiger charge is 2.08. The van der Waals surface area contributed by atoms with Gasteiger partial charge in [0.15, 0.2) is 0 Å². The predicted molar refractivity (Wildman–Crippen MR) is 72.0 cm³/mol. The van der Waals surface area contributed by atoms with Gasteiger partial charge in [0.2, 0.25) is 0 Å². The summed E-state index contributed by atoms with van der Waals surface area (Å²) in [5, 5.41) is 4.65. The highest BCUT2D eigenvalue weighted by molar-refractivity contribution is 6.35. The van der Waals surface area contributed by atoms with Gasteiger partial charge >= 0.3 is 0 Å². The van der Waals surface area contributed by atoms with Crippen molar-refractivity contribution in [3.05, 3.63) is 52.4 Å². The number of hydrogen-bond donors (Lipinski definition) is 1. The third-order valence-corrected chi connectivity index (χ3v) is 2.98. The van der Waals surface area contributed by atoms with Crippen molar-refractivity contribution in [2.75, 3.05) is 5.32 Å². The van der Waals surface area contributed by atoms with Crippen molar-refractivity contribution >= 4 is 28.9 Å². The third kappa shape index (κ3) is 3.42. The summed E-state index contributed by atoms with van der Waals surface area (Å²) in [6.07, 6.45) is 2.48. The summed E-state index contributed by atoms with van der Waals surface area (Å²) < 4.78 is 5.30. The average Bonchev–Trinajstić information content (AvgIpc) is 2.76. The van der Waals surface area contributed by atoms with E-state index in [-0.39, 0.29) is 6.04 Å². The summed E-state index contributed by atoms with van der Waals surface area (Å²) >= 11 is 12.0. The maximum Gasteiger partial charge on any atom is 0.105 e. The summed E-state index contributed by atoms with van der Waals surface area (Å²) in [6.45, 7) is 2.07. The van der Waals surface area contributed by atoms with E-state index < -0.39 is 0 Å². The van der Waals surface area contributed by atoms with Gasteiger partial charge in [0.05, 0.1) is 17.0 Å². The summed E-state index contributed by atoms with van der Waals surface area (Å²) in [6, 6.07) is 9.43. The Kier molecular flexibility index (Phi) is 3.97. The average molecular weight is 270 g/mol. The van der Waals surface area contributed by atoms with Gasteiger partial charge in [-0.25, -0.2) is 0 Å². The van der Waals surface area contributed by atoms with Gasteiger partial charge in [-0.15, -0.1) is 0 Å². The van der Waals surface area contributed by atoms with Crippen LogP contribution in [0.2, 0.25) is 10.0 Å². The lowest BCUT2D eigenvalue weighted by atomic mass is 10.2. The Balaban J connectivity index is 2.02. The van der Waals surface area contributed by atoms with Gasteiger partial charge in [0, 0.05) is 17.5 Å². The number of halogens is 2. The van der Waals surface area contributed by atoms with E-state index in [1.54, 1.807) is 18.4 Å². The van der Waals surface area contributed by atoms with Crippen molar-refractivity contribution in [2.45, 2.75) is 19.4 Å². The minimum absolute atomic E-state index is 0.220. The zero-order chi connectivity index (χ0) is 12.3. The first kappa shape index (κ1) is 12.3. The Hall–Kier alpha value is -1.12. The fraction of sp³-hybridized carbons (Fsp3) is 0.231. The molecule has 1 heterocycles. The molecule has 1 unspecified atom stereocenters. The molecule has 4 heteroatoms. The van der Waals surface area contributed by atoms with Gasteiger partial charge in [-0.2, -0.15) is 0 Å². The lowest BCUT2D eigenvalue weighted by Crippen LogP contribution is -2.17. The second-order valence-corrected chi connectivity index (χ2v) is 4.80. The molecule has 0 bridgehead atoms. The number of rotatable bonds is 4. The summed E-state index contributed by atoms with van der Waals surface area (Å²) in [5.41, 5.74) is 0.846. The molecule has 2 nitrogen and oxygen atoms in total. The number of hydrogen-bond acceptors (Lipinski definition) is 2. The monoisotopic (exact) mass is 269 g/mol. The second kappa shape index (κ2) is 5.48. The van der Waals surface area contributed by atoms with E-state index in [9.17, 15) is 0 Å². The quantitative estimate of drug-likeness (QED) is 0.876. The molecule has 2 rings (SSSR count). The molecule has 0 amide bonds. The molecule has 1 N–H and O–H groups in total. The van der Waals surface area contributed by atoms with E-state index >= 15 is 0 Å². The predicted octanol–water partition coefficient (Wildman–Crippen LogP) is 4.63. The molecule has 0 fully saturated rings. The molecule has 1 aromatic heterocycles. The van der Waals surface area contributed by atoms with Gasteiger partial charge < -0.3 is 9.73 Å². The molecule has 1 aromatic carbocycles. The summed E-state index contributed by atoms with van der Waals surface area (Å²) in [4.78, 5) is 0. The zero-order valence-corrected chi connectivity index (χ0v) is 10.9. The van der Waals surface area contributed by atoms with Crippen LogP contribution in [-0.4, -0.2) is 6.04 Å². The number of benzene rings is 1. The third-order valence-electron chi connectivity index (χ3n) is 2.42. The fourth-order valence-corrected chi connectivity index (χ4v) is 2.00. The molecule has 17 heavy (non-hydrogen) atoms. The van der Waals surface area contributed by atoms with Crippen molar-refractivity contribution in [2.24, 2.45) is 0 Å². The van der Waals surface area contributed by atoms with E-state index in [1.807, 2.05) is 18.2 Å². The Morgan fingerprint density at radius 2 is 2.12 bits per heavy atom. The largest absolute Gasteiger partial charge is 0.469 e. The first-order chi connectivity index (χ1) is 8.15. The minimum Gasteiger partial charge on any atom is -0.469 e. The van der Waals surface area contributed by atoms with E-state index in [0.29, 0.717) is 10.0 Å². The molecule has 0 spiro atoms. The van der Waals surface area contributed by atoms with Crippen LogP contribution in [0.1, 0.15) is 12.7 Å². The number of anilines is 1. The van der Waals surface area contributed by atoms with Crippen molar-refractivity contribution in [1.82, 2.24) is 0 Å². The highest BCUT2D eigenvalue weighted by atomic mass is 35.5. The Bertz CT molecular complexity index is 482. The summed E-state index contributed by atoms with van der Waals surface area (Å²) in [5.74, 6) is 0.947. The fourth-order valence-electron chi connectivity index (χ4n) is 1.66. The minimum atomic E-state index is 0.220. The maximum atomic E-state index is 6.08. The zero-order valence-electron chi connectivity index (χ0n) is 9.41. The Morgan fingerprint density at radius 3 is 2.82 bits per heavy atom. The second-order valence-electron chi connectivity index (χ2n) is 3.95. The van der Waals surface area contributed by atoms with Gasteiger partial charge in [-0.05, 0) is 37.3 Å². The molecule has 0 saturated heterocycles. The Morgan fingerprint density at radius 1 is 1.29 bits per heavy atom. The highest BCUT2D eigenvalue weighted by Crippen LogP contribution is 2.26. The van der Waals surface area contributed by atoms with E-state index in [0.717, 1.165) is 17.9 Å². The van der Waals surface area contributed by atoms with Gasteiger partial charge in [0.25, 0.3) is 0 Å². The molecule has 90 valence electrons. The van der Waals surface area contributed by atoms with Crippen LogP contribution in [0.5, 0.6) is 0 Å². The van der Waals surface area contributed by atoms with Crippen LogP contribution in [0, 0.1) is 0 Å². The Labute approximate surface area is 111 Å². The molecule has 0 radical (unpaired) electrons. The van der Waals surface area contributed by atoms with Crippen LogP contribution in [0.15, 0.2) is 41.0 Å². The van der Waals surface area contributed by atoms with Crippen molar-refractivity contribution in [1.29, 1.82) is 0 Å². The smallest absolute Gasteiger partial charge is 0.105 e. The van der Waals surface area contributed by atoms with Crippen LogP contribution in [0.3, 0.4) is 0 Å². The van der Waals surface area contributed by atoms with Gasteiger partial charge in [0.1, 0.15) is 5.76 Å². The standard InChI is InChI=1S/C13H13Cl2NO/c1-9(7-11-3-2-6-17-11)16-13-8-10(14)4-5-12(13)15/h2-6,8-9,16H,7H2,1H3. The topological polar surface area (TPSA) is 25.2 Å². The van der Waals surface area contributed by atoms with Crippen LogP contribution in [-0.2, 0) is 6.42 Å². The van der Waals surface area contributed by atoms with Crippen molar-refractivity contribution in [3.63, 3.8) is 0 Å². The van der Waals surface area contributed by atoms with Crippen LogP contribution >= 0.6 is 23.2 Å². The molecular formula is C13H13Cl2NO. The normalized spacial score (nSPS) is 12.4. The molecule has 1 atom stereocenters. The molecule has 0 aliphatic carbocycles. The molecule has 0 saturated carbocycles. The molecule has 0 aliphatic rings. The van der Waals surface area contributed by atoms with Crippen molar-refractivity contribution < 1.29 is 4.42 Å². The molecular weight excluding hydrogens is 257 g/mol. The molecule has 2 aromatic rings. The van der Waals surface area contributed by atoms with E-state index in [2.05, 4.69) is 12.2 Å².